The highest BCUT2D eigenvalue weighted by Crippen LogP contribution is 2.35. The minimum absolute atomic E-state index is 0.157. The Balaban J connectivity index is 1.47. The number of hydrogen-bond acceptors (Lipinski definition) is 5. The van der Waals surface area contributed by atoms with E-state index in [2.05, 4.69) is 37.6 Å². The zero-order chi connectivity index (χ0) is 25.2. The molecule has 184 valence electrons. The van der Waals surface area contributed by atoms with Gasteiger partial charge in [-0.25, -0.2) is 0 Å². The molecule has 0 atom stereocenters. The quantitative estimate of drug-likeness (QED) is 0.304. The molecule has 1 aromatic heterocycles. The van der Waals surface area contributed by atoms with Crippen molar-refractivity contribution >= 4 is 11.9 Å². The first-order valence-electron chi connectivity index (χ1n) is 12.0. The summed E-state index contributed by atoms with van der Waals surface area (Å²) in [5.74, 6) is 0.959. The standard InChI is InChI=1S/C28H30N6O2/c1-36-25-10-6-5-9-24(25)26(35)32-20-28(23-7-3-2-4-8-23)13-17-34(18-14-28)27(33-21-29)31-19-22-11-15-30-16-12-22/h2-12,15-16H,13-14,17-20H2,1H3,(H,31,33)(H,32,35). The number of carbonyl (C=O) groups is 1. The first-order valence-corrected chi connectivity index (χ1v) is 12.0. The summed E-state index contributed by atoms with van der Waals surface area (Å²) in [6.45, 7) is 2.45. The van der Waals surface area contributed by atoms with Gasteiger partial charge in [0, 0.05) is 44.0 Å². The predicted octanol–water partition coefficient (Wildman–Crippen LogP) is 3.48. The number of amides is 1. The number of rotatable bonds is 7. The van der Waals surface area contributed by atoms with Gasteiger partial charge in [-0.2, -0.15) is 5.26 Å². The largest absolute Gasteiger partial charge is 0.496 e. The summed E-state index contributed by atoms with van der Waals surface area (Å²) in [5.41, 5.74) is 2.53. The van der Waals surface area contributed by atoms with Gasteiger partial charge in [-0.15, -0.1) is 4.99 Å². The number of guanidine groups is 1. The van der Waals surface area contributed by atoms with Crippen molar-refractivity contribution in [3.05, 3.63) is 95.8 Å². The maximum atomic E-state index is 13.0. The molecular formula is C28H30N6O2. The van der Waals surface area contributed by atoms with Gasteiger partial charge in [-0.3, -0.25) is 9.78 Å². The van der Waals surface area contributed by atoms with E-state index >= 15 is 0 Å². The SMILES string of the molecule is COc1ccccc1C(=O)NCC1(c2ccccc2)CCN(/C(=N\C#N)NCc2ccncc2)CC1. The normalized spacial score (nSPS) is 15.0. The number of nitriles is 1. The van der Waals surface area contributed by atoms with Gasteiger partial charge in [0.2, 0.25) is 12.2 Å². The van der Waals surface area contributed by atoms with Gasteiger partial charge in [0.1, 0.15) is 5.75 Å². The second-order valence-electron chi connectivity index (χ2n) is 8.76. The van der Waals surface area contributed by atoms with Crippen molar-refractivity contribution in [3.63, 3.8) is 0 Å². The Bertz CT molecular complexity index is 1220. The number of nitrogens with zero attached hydrogens (tertiary/aromatic N) is 4. The van der Waals surface area contributed by atoms with Crippen molar-refractivity contribution in [3.8, 4) is 11.9 Å². The second-order valence-corrected chi connectivity index (χ2v) is 8.76. The Morgan fingerprint density at radius 3 is 2.44 bits per heavy atom. The van der Waals surface area contributed by atoms with Crippen LogP contribution in [0.5, 0.6) is 5.75 Å². The molecule has 2 aromatic carbocycles. The Hall–Kier alpha value is -4.38. The smallest absolute Gasteiger partial charge is 0.255 e. The van der Waals surface area contributed by atoms with Crippen molar-refractivity contribution in [2.45, 2.75) is 24.8 Å². The van der Waals surface area contributed by atoms with Crippen LogP contribution in [-0.4, -0.2) is 48.5 Å². The van der Waals surface area contributed by atoms with E-state index in [0.717, 1.165) is 18.4 Å². The molecule has 1 fully saturated rings. The van der Waals surface area contributed by atoms with Gasteiger partial charge < -0.3 is 20.3 Å². The van der Waals surface area contributed by atoms with Crippen LogP contribution in [0.4, 0.5) is 0 Å². The first-order chi connectivity index (χ1) is 17.6. The molecule has 8 heteroatoms. The van der Waals surface area contributed by atoms with Crippen LogP contribution in [-0.2, 0) is 12.0 Å². The Labute approximate surface area is 211 Å². The van der Waals surface area contributed by atoms with E-state index in [-0.39, 0.29) is 11.3 Å². The van der Waals surface area contributed by atoms with Crippen LogP contribution in [0.2, 0.25) is 0 Å². The molecule has 0 aliphatic carbocycles. The highest BCUT2D eigenvalue weighted by atomic mass is 16.5. The number of pyridine rings is 1. The summed E-state index contributed by atoms with van der Waals surface area (Å²) >= 11 is 0. The number of piperidine rings is 1. The molecule has 0 spiro atoms. The molecule has 0 saturated carbocycles. The molecule has 1 amide bonds. The van der Waals surface area contributed by atoms with Gasteiger partial charge in [0.05, 0.1) is 12.7 Å². The predicted molar refractivity (Wildman–Crippen MR) is 138 cm³/mol. The molecule has 2 N–H and O–H groups in total. The Morgan fingerprint density at radius 2 is 1.75 bits per heavy atom. The average Bonchev–Trinajstić information content (AvgIpc) is 2.95. The maximum Gasteiger partial charge on any atom is 0.255 e. The topological polar surface area (TPSA) is 103 Å². The zero-order valence-corrected chi connectivity index (χ0v) is 20.4. The highest BCUT2D eigenvalue weighted by Gasteiger charge is 2.37. The van der Waals surface area contributed by atoms with E-state index in [1.54, 1.807) is 31.6 Å². The van der Waals surface area contributed by atoms with Gasteiger partial charge in [-0.1, -0.05) is 42.5 Å². The fraction of sp³-hybridized carbons (Fsp3) is 0.286. The van der Waals surface area contributed by atoms with Crippen LogP contribution >= 0.6 is 0 Å². The third kappa shape index (κ3) is 5.81. The van der Waals surface area contributed by atoms with Crippen molar-refractivity contribution in [2.75, 3.05) is 26.7 Å². The van der Waals surface area contributed by atoms with Crippen LogP contribution in [0.1, 0.15) is 34.3 Å². The summed E-state index contributed by atoms with van der Waals surface area (Å²) in [5, 5.41) is 15.7. The fourth-order valence-corrected chi connectivity index (χ4v) is 4.63. The van der Waals surface area contributed by atoms with Crippen molar-refractivity contribution < 1.29 is 9.53 Å². The van der Waals surface area contributed by atoms with Gasteiger partial charge in [-0.05, 0) is 48.2 Å². The molecule has 0 radical (unpaired) electrons. The third-order valence-electron chi connectivity index (χ3n) is 6.70. The molecule has 36 heavy (non-hydrogen) atoms. The van der Waals surface area contributed by atoms with E-state index in [1.807, 2.05) is 48.7 Å². The van der Waals surface area contributed by atoms with Crippen LogP contribution in [0.3, 0.4) is 0 Å². The summed E-state index contributed by atoms with van der Waals surface area (Å²) in [7, 11) is 1.57. The molecule has 0 bridgehead atoms. The molecule has 1 aliphatic rings. The molecule has 8 nitrogen and oxygen atoms in total. The molecule has 1 aliphatic heterocycles. The number of hydrogen-bond donors (Lipinski definition) is 2. The lowest BCUT2D eigenvalue weighted by atomic mass is 9.72. The van der Waals surface area contributed by atoms with Gasteiger partial charge in [0.25, 0.3) is 5.91 Å². The number of aliphatic imine (C=N–C) groups is 1. The summed E-state index contributed by atoms with van der Waals surface area (Å²) in [4.78, 5) is 23.3. The number of ether oxygens (including phenoxy) is 1. The van der Waals surface area contributed by atoms with E-state index in [9.17, 15) is 10.1 Å². The first kappa shape index (κ1) is 24.7. The molecule has 0 unspecified atom stereocenters. The van der Waals surface area contributed by atoms with Crippen molar-refractivity contribution in [2.24, 2.45) is 4.99 Å². The summed E-state index contributed by atoms with van der Waals surface area (Å²) in [6, 6.07) is 21.4. The number of benzene rings is 2. The number of para-hydroxylation sites is 1. The van der Waals surface area contributed by atoms with Crippen LogP contribution in [0.15, 0.2) is 84.1 Å². The van der Waals surface area contributed by atoms with Crippen LogP contribution < -0.4 is 15.4 Å². The average molecular weight is 483 g/mol. The molecular weight excluding hydrogens is 452 g/mol. The Morgan fingerprint density at radius 1 is 1.06 bits per heavy atom. The van der Waals surface area contributed by atoms with Gasteiger partial charge in [0.15, 0.2) is 0 Å². The number of aromatic nitrogens is 1. The van der Waals surface area contributed by atoms with E-state index in [1.165, 1.54) is 5.56 Å². The van der Waals surface area contributed by atoms with Crippen molar-refractivity contribution in [1.29, 1.82) is 5.26 Å². The number of carbonyl (C=O) groups excluding carboxylic acids is 1. The number of likely N-dealkylation sites (tertiary alicyclic amines) is 1. The number of methoxy groups -OCH3 is 1. The van der Waals surface area contributed by atoms with E-state index in [4.69, 9.17) is 4.74 Å². The highest BCUT2D eigenvalue weighted by molar-refractivity contribution is 5.97. The lowest BCUT2D eigenvalue weighted by Crippen LogP contribution is -2.52. The van der Waals surface area contributed by atoms with Crippen LogP contribution in [0.25, 0.3) is 0 Å². The minimum Gasteiger partial charge on any atom is -0.496 e. The zero-order valence-electron chi connectivity index (χ0n) is 20.4. The van der Waals surface area contributed by atoms with Crippen molar-refractivity contribution in [1.82, 2.24) is 20.5 Å². The fourth-order valence-electron chi connectivity index (χ4n) is 4.63. The Kier molecular flexibility index (Phi) is 8.14. The summed E-state index contributed by atoms with van der Waals surface area (Å²) < 4.78 is 5.37. The molecule has 4 rings (SSSR count). The van der Waals surface area contributed by atoms with E-state index < -0.39 is 0 Å². The minimum atomic E-state index is -0.238. The van der Waals surface area contributed by atoms with E-state index in [0.29, 0.717) is 43.5 Å². The number of nitrogens with one attached hydrogen (secondary N) is 2. The maximum absolute atomic E-state index is 13.0. The van der Waals surface area contributed by atoms with Crippen LogP contribution in [0, 0.1) is 11.5 Å². The lowest BCUT2D eigenvalue weighted by Gasteiger charge is -2.43. The molecule has 1 saturated heterocycles. The van der Waals surface area contributed by atoms with Gasteiger partial charge >= 0.3 is 0 Å². The monoisotopic (exact) mass is 482 g/mol. The molecule has 2 heterocycles. The summed E-state index contributed by atoms with van der Waals surface area (Å²) in [6.07, 6.45) is 7.00. The second kappa shape index (κ2) is 11.8. The molecule has 3 aromatic rings. The third-order valence-corrected chi connectivity index (χ3v) is 6.70. The lowest BCUT2D eigenvalue weighted by molar-refractivity contribution is 0.0929.